The van der Waals surface area contributed by atoms with Gasteiger partial charge in [0.2, 0.25) is 0 Å². The van der Waals surface area contributed by atoms with E-state index < -0.39 is 0 Å². The summed E-state index contributed by atoms with van der Waals surface area (Å²) in [5.41, 5.74) is 3.18. The maximum atomic E-state index is 13.0. The molecule has 0 atom stereocenters. The van der Waals surface area contributed by atoms with Crippen LogP contribution in [0.4, 0.5) is 5.69 Å². The lowest BCUT2D eigenvalue weighted by Gasteiger charge is -2.05. The number of rotatable bonds is 5. The highest BCUT2D eigenvalue weighted by Gasteiger charge is 2.21. The summed E-state index contributed by atoms with van der Waals surface area (Å²) in [7, 11) is 1.63. The number of hydrogen-bond acceptors (Lipinski definition) is 4. The molecule has 0 unspecified atom stereocenters. The smallest absolute Gasteiger partial charge is 0.268 e. The van der Waals surface area contributed by atoms with Crippen molar-refractivity contribution in [1.82, 2.24) is 4.98 Å². The van der Waals surface area contributed by atoms with Gasteiger partial charge in [0, 0.05) is 11.3 Å². The van der Waals surface area contributed by atoms with E-state index in [1.165, 1.54) is 11.3 Å². The Morgan fingerprint density at radius 3 is 2.25 bits per heavy atom. The van der Waals surface area contributed by atoms with Gasteiger partial charge >= 0.3 is 0 Å². The van der Waals surface area contributed by atoms with Gasteiger partial charge < -0.3 is 10.1 Å². The van der Waals surface area contributed by atoms with E-state index in [0.29, 0.717) is 10.6 Å². The van der Waals surface area contributed by atoms with Crippen molar-refractivity contribution in [3.8, 4) is 27.6 Å². The van der Waals surface area contributed by atoms with E-state index in [1.807, 2.05) is 84.9 Å². The first-order valence-electron chi connectivity index (χ1n) is 8.82. The van der Waals surface area contributed by atoms with Gasteiger partial charge in [0.25, 0.3) is 5.91 Å². The minimum Gasteiger partial charge on any atom is -0.496 e. The van der Waals surface area contributed by atoms with Gasteiger partial charge in [-0.15, -0.1) is 11.3 Å². The van der Waals surface area contributed by atoms with Crippen LogP contribution in [0, 0.1) is 0 Å². The number of anilines is 1. The second kappa shape index (κ2) is 8.06. The number of amides is 1. The van der Waals surface area contributed by atoms with E-state index in [-0.39, 0.29) is 5.91 Å². The Morgan fingerprint density at radius 1 is 0.893 bits per heavy atom. The standard InChI is InChI=1S/C23H18N2O2S/c1-27-19-15-9-8-14-18(19)23-25-20(16-10-4-2-5-11-16)21(28-23)22(26)24-17-12-6-3-7-13-17/h2-15H,1H3,(H,24,26). The summed E-state index contributed by atoms with van der Waals surface area (Å²) in [5, 5.41) is 3.71. The first-order chi connectivity index (χ1) is 13.8. The molecule has 0 bridgehead atoms. The van der Waals surface area contributed by atoms with Crippen molar-refractivity contribution in [2.75, 3.05) is 12.4 Å². The van der Waals surface area contributed by atoms with Crippen LogP contribution in [-0.2, 0) is 0 Å². The van der Waals surface area contributed by atoms with Crippen LogP contribution in [0.25, 0.3) is 21.8 Å². The summed E-state index contributed by atoms with van der Waals surface area (Å²) in [5.74, 6) is 0.551. The highest BCUT2D eigenvalue weighted by molar-refractivity contribution is 7.17. The normalized spacial score (nSPS) is 10.5. The molecule has 0 aliphatic rings. The summed E-state index contributed by atoms with van der Waals surface area (Å²) < 4.78 is 5.48. The molecule has 4 nitrogen and oxygen atoms in total. The van der Waals surface area contributed by atoms with Crippen molar-refractivity contribution in [2.45, 2.75) is 0 Å². The van der Waals surface area contributed by atoms with E-state index in [9.17, 15) is 4.79 Å². The predicted octanol–water partition coefficient (Wildman–Crippen LogP) is 5.74. The third kappa shape index (κ3) is 3.66. The molecule has 1 N–H and O–H groups in total. The molecule has 0 saturated heterocycles. The van der Waals surface area contributed by atoms with Crippen LogP contribution in [0.15, 0.2) is 84.9 Å². The summed E-state index contributed by atoms with van der Waals surface area (Å²) in [6.45, 7) is 0. The molecular formula is C23H18N2O2S. The Kier molecular flexibility index (Phi) is 5.17. The molecule has 3 aromatic carbocycles. The number of hydrogen-bond donors (Lipinski definition) is 1. The molecule has 0 aliphatic heterocycles. The molecular weight excluding hydrogens is 368 g/mol. The number of methoxy groups -OCH3 is 1. The second-order valence-electron chi connectivity index (χ2n) is 6.08. The number of benzene rings is 3. The molecule has 0 saturated carbocycles. The van der Waals surface area contributed by atoms with Crippen LogP contribution in [0.2, 0.25) is 0 Å². The van der Waals surface area contributed by atoms with Gasteiger partial charge in [0.1, 0.15) is 15.6 Å². The number of aromatic nitrogens is 1. The van der Waals surface area contributed by atoms with Gasteiger partial charge in [-0.05, 0) is 24.3 Å². The molecule has 1 amide bonds. The lowest BCUT2D eigenvalue weighted by molar-refractivity contribution is 0.103. The Balaban J connectivity index is 1.80. The molecule has 0 spiro atoms. The van der Waals surface area contributed by atoms with E-state index in [4.69, 9.17) is 9.72 Å². The summed E-state index contributed by atoms with van der Waals surface area (Å²) in [6, 6.07) is 26.9. The van der Waals surface area contributed by atoms with E-state index >= 15 is 0 Å². The molecule has 0 radical (unpaired) electrons. The number of thiazole rings is 1. The highest BCUT2D eigenvalue weighted by atomic mass is 32.1. The van der Waals surface area contributed by atoms with Crippen LogP contribution in [-0.4, -0.2) is 18.0 Å². The average molecular weight is 386 g/mol. The fourth-order valence-electron chi connectivity index (χ4n) is 2.91. The van der Waals surface area contributed by atoms with Crippen molar-refractivity contribution in [2.24, 2.45) is 0 Å². The molecule has 5 heteroatoms. The minimum atomic E-state index is -0.177. The van der Waals surface area contributed by atoms with Crippen LogP contribution >= 0.6 is 11.3 Å². The topological polar surface area (TPSA) is 51.2 Å². The van der Waals surface area contributed by atoms with E-state index in [1.54, 1.807) is 7.11 Å². The zero-order chi connectivity index (χ0) is 19.3. The molecule has 0 aliphatic carbocycles. The number of nitrogens with one attached hydrogen (secondary N) is 1. The van der Waals surface area contributed by atoms with Crippen molar-refractivity contribution < 1.29 is 9.53 Å². The molecule has 4 aromatic rings. The Bertz CT molecular complexity index is 1090. The first kappa shape index (κ1) is 17.9. The predicted molar refractivity (Wildman–Crippen MR) is 114 cm³/mol. The Labute approximate surface area is 167 Å². The van der Waals surface area contributed by atoms with Crippen molar-refractivity contribution >= 4 is 22.9 Å². The van der Waals surface area contributed by atoms with Crippen LogP contribution < -0.4 is 10.1 Å². The molecule has 1 heterocycles. The van der Waals surface area contributed by atoms with Gasteiger partial charge in [-0.1, -0.05) is 60.7 Å². The van der Waals surface area contributed by atoms with E-state index in [2.05, 4.69) is 5.32 Å². The zero-order valence-electron chi connectivity index (χ0n) is 15.3. The lowest BCUT2D eigenvalue weighted by atomic mass is 10.1. The molecule has 138 valence electrons. The molecule has 28 heavy (non-hydrogen) atoms. The number of nitrogens with zero attached hydrogens (tertiary/aromatic N) is 1. The van der Waals surface area contributed by atoms with Crippen LogP contribution in [0.5, 0.6) is 5.75 Å². The first-order valence-corrected chi connectivity index (χ1v) is 9.64. The van der Waals surface area contributed by atoms with Gasteiger partial charge in [-0.3, -0.25) is 4.79 Å². The third-order valence-electron chi connectivity index (χ3n) is 4.25. The zero-order valence-corrected chi connectivity index (χ0v) is 16.1. The molecule has 0 fully saturated rings. The highest BCUT2D eigenvalue weighted by Crippen LogP contribution is 2.38. The fourth-order valence-corrected chi connectivity index (χ4v) is 3.92. The molecule has 1 aromatic heterocycles. The SMILES string of the molecule is COc1ccccc1-c1nc(-c2ccccc2)c(C(=O)Nc2ccccc2)s1. The number of para-hydroxylation sites is 2. The Morgan fingerprint density at radius 2 is 1.54 bits per heavy atom. The van der Waals surface area contributed by atoms with Gasteiger partial charge in [-0.2, -0.15) is 0 Å². The van der Waals surface area contributed by atoms with Crippen molar-refractivity contribution in [1.29, 1.82) is 0 Å². The van der Waals surface area contributed by atoms with Crippen molar-refractivity contribution in [3.63, 3.8) is 0 Å². The van der Waals surface area contributed by atoms with Crippen LogP contribution in [0.1, 0.15) is 9.67 Å². The number of ether oxygens (including phenoxy) is 1. The maximum absolute atomic E-state index is 13.0. The fraction of sp³-hybridized carbons (Fsp3) is 0.0435. The van der Waals surface area contributed by atoms with Crippen LogP contribution in [0.3, 0.4) is 0 Å². The summed E-state index contributed by atoms with van der Waals surface area (Å²) >= 11 is 1.36. The van der Waals surface area contributed by atoms with Gasteiger partial charge in [0.15, 0.2) is 0 Å². The Hall–Kier alpha value is -3.44. The van der Waals surface area contributed by atoms with Gasteiger partial charge in [0.05, 0.1) is 18.4 Å². The largest absolute Gasteiger partial charge is 0.496 e. The van der Waals surface area contributed by atoms with E-state index in [0.717, 1.165) is 27.6 Å². The quantitative estimate of drug-likeness (QED) is 0.476. The number of carbonyl (C=O) groups excluding carboxylic acids is 1. The average Bonchev–Trinajstić information content (AvgIpc) is 3.20. The minimum absolute atomic E-state index is 0.177. The summed E-state index contributed by atoms with van der Waals surface area (Å²) in [4.78, 5) is 18.4. The van der Waals surface area contributed by atoms with Crippen molar-refractivity contribution in [3.05, 3.63) is 89.8 Å². The third-order valence-corrected chi connectivity index (χ3v) is 5.34. The summed E-state index contributed by atoms with van der Waals surface area (Å²) in [6.07, 6.45) is 0. The number of carbonyl (C=O) groups is 1. The lowest BCUT2D eigenvalue weighted by Crippen LogP contribution is -2.11. The second-order valence-corrected chi connectivity index (χ2v) is 7.08. The monoisotopic (exact) mass is 386 g/mol. The van der Waals surface area contributed by atoms with Gasteiger partial charge in [-0.25, -0.2) is 4.98 Å². The maximum Gasteiger partial charge on any atom is 0.268 e. The molecule has 4 rings (SSSR count).